The molecule has 14 heavy (non-hydrogen) atoms. The van der Waals surface area contributed by atoms with Gasteiger partial charge >= 0.3 is 0 Å². The maximum atomic E-state index is 8.80. The predicted octanol–water partition coefficient (Wildman–Crippen LogP) is 2.66. The van der Waals surface area contributed by atoms with Crippen molar-refractivity contribution < 1.29 is 0 Å². The monoisotopic (exact) mass is 250 g/mol. The Bertz CT molecular complexity index is 402. The summed E-state index contributed by atoms with van der Waals surface area (Å²) in [6.45, 7) is 0. The van der Waals surface area contributed by atoms with Crippen molar-refractivity contribution in [3.8, 4) is 6.07 Å². The number of nitriles is 1. The molecule has 0 atom stereocenters. The Hall–Kier alpha value is -0.850. The van der Waals surface area contributed by atoms with Gasteiger partial charge in [-0.15, -0.1) is 0 Å². The standard InChI is InChI=1S/C11H11BrN2/c12-10-3-2-8(7-13)6-9(10)11(14)4-1-5-11/h2-3,6H,1,4-5,14H2. The molecule has 0 radical (unpaired) electrons. The zero-order valence-electron chi connectivity index (χ0n) is 7.76. The van der Waals surface area contributed by atoms with Gasteiger partial charge in [0, 0.05) is 10.0 Å². The second-order valence-electron chi connectivity index (χ2n) is 3.82. The lowest BCUT2D eigenvalue weighted by molar-refractivity contribution is 0.252. The third-order valence-electron chi connectivity index (χ3n) is 2.88. The Morgan fingerprint density at radius 2 is 2.14 bits per heavy atom. The first kappa shape index (κ1) is 9.70. The molecule has 1 saturated carbocycles. The molecule has 72 valence electrons. The molecule has 0 aromatic heterocycles. The van der Waals surface area contributed by atoms with Crippen LogP contribution in [0.3, 0.4) is 0 Å². The van der Waals surface area contributed by atoms with Crippen molar-refractivity contribution in [2.75, 3.05) is 0 Å². The largest absolute Gasteiger partial charge is 0.321 e. The second-order valence-corrected chi connectivity index (χ2v) is 4.67. The van der Waals surface area contributed by atoms with E-state index in [9.17, 15) is 0 Å². The minimum Gasteiger partial charge on any atom is -0.321 e. The van der Waals surface area contributed by atoms with Gasteiger partial charge in [0.2, 0.25) is 0 Å². The van der Waals surface area contributed by atoms with Crippen LogP contribution in [-0.4, -0.2) is 0 Å². The SMILES string of the molecule is N#Cc1ccc(Br)c(C2(N)CCC2)c1. The van der Waals surface area contributed by atoms with Crippen LogP contribution in [0.5, 0.6) is 0 Å². The number of rotatable bonds is 1. The molecular formula is C11H11BrN2. The molecule has 0 heterocycles. The van der Waals surface area contributed by atoms with Crippen molar-refractivity contribution in [3.05, 3.63) is 33.8 Å². The molecule has 2 nitrogen and oxygen atoms in total. The molecule has 1 aromatic carbocycles. The van der Waals surface area contributed by atoms with Gasteiger partial charge in [0.1, 0.15) is 0 Å². The topological polar surface area (TPSA) is 49.8 Å². The van der Waals surface area contributed by atoms with Crippen molar-refractivity contribution in [1.29, 1.82) is 5.26 Å². The second kappa shape index (κ2) is 3.38. The minimum atomic E-state index is -0.203. The molecule has 0 unspecified atom stereocenters. The summed E-state index contributed by atoms with van der Waals surface area (Å²) >= 11 is 3.48. The number of nitrogens with zero attached hydrogens (tertiary/aromatic N) is 1. The highest BCUT2D eigenvalue weighted by Crippen LogP contribution is 2.41. The van der Waals surface area contributed by atoms with Crippen LogP contribution in [0.2, 0.25) is 0 Å². The molecule has 0 amide bonds. The fourth-order valence-electron chi connectivity index (χ4n) is 1.80. The van der Waals surface area contributed by atoms with E-state index in [2.05, 4.69) is 22.0 Å². The highest BCUT2D eigenvalue weighted by Gasteiger charge is 2.35. The first-order valence-electron chi connectivity index (χ1n) is 4.65. The molecule has 0 spiro atoms. The lowest BCUT2D eigenvalue weighted by Gasteiger charge is -2.39. The van der Waals surface area contributed by atoms with E-state index in [1.807, 2.05) is 12.1 Å². The number of halogens is 1. The summed E-state index contributed by atoms with van der Waals surface area (Å²) in [4.78, 5) is 0. The van der Waals surface area contributed by atoms with Crippen molar-refractivity contribution >= 4 is 15.9 Å². The van der Waals surface area contributed by atoms with E-state index in [4.69, 9.17) is 11.0 Å². The summed E-state index contributed by atoms with van der Waals surface area (Å²) in [6.07, 6.45) is 3.21. The number of benzene rings is 1. The Morgan fingerprint density at radius 3 is 2.64 bits per heavy atom. The molecular weight excluding hydrogens is 240 g/mol. The van der Waals surface area contributed by atoms with E-state index in [1.165, 1.54) is 6.42 Å². The van der Waals surface area contributed by atoms with Crippen LogP contribution < -0.4 is 5.73 Å². The van der Waals surface area contributed by atoms with Crippen LogP contribution in [0.15, 0.2) is 22.7 Å². The average Bonchev–Trinajstić information content (AvgIpc) is 2.15. The lowest BCUT2D eigenvalue weighted by atomic mass is 9.72. The van der Waals surface area contributed by atoms with Gasteiger partial charge in [-0.2, -0.15) is 5.26 Å². The molecule has 1 aliphatic rings. The van der Waals surface area contributed by atoms with Crippen molar-refractivity contribution in [2.24, 2.45) is 5.73 Å². The van der Waals surface area contributed by atoms with E-state index >= 15 is 0 Å². The minimum absolute atomic E-state index is 0.203. The summed E-state index contributed by atoms with van der Waals surface area (Å²) in [5, 5.41) is 8.80. The van der Waals surface area contributed by atoms with Gasteiger partial charge in [0.15, 0.2) is 0 Å². The van der Waals surface area contributed by atoms with Crippen molar-refractivity contribution in [1.82, 2.24) is 0 Å². The number of hydrogen-bond donors (Lipinski definition) is 1. The Balaban J connectivity index is 2.46. The van der Waals surface area contributed by atoms with Gasteiger partial charge in [-0.3, -0.25) is 0 Å². The van der Waals surface area contributed by atoms with Crippen LogP contribution in [0.1, 0.15) is 30.4 Å². The van der Waals surface area contributed by atoms with E-state index in [-0.39, 0.29) is 5.54 Å². The molecule has 1 fully saturated rings. The van der Waals surface area contributed by atoms with Gasteiger partial charge < -0.3 is 5.73 Å². The number of hydrogen-bond acceptors (Lipinski definition) is 2. The van der Waals surface area contributed by atoms with Crippen LogP contribution >= 0.6 is 15.9 Å². The third-order valence-corrected chi connectivity index (χ3v) is 3.57. The Labute approximate surface area is 91.9 Å². The van der Waals surface area contributed by atoms with Crippen LogP contribution in [-0.2, 0) is 5.54 Å². The molecule has 0 saturated heterocycles. The van der Waals surface area contributed by atoms with Crippen LogP contribution in [0.25, 0.3) is 0 Å². The van der Waals surface area contributed by atoms with Gasteiger partial charge in [0.25, 0.3) is 0 Å². The average molecular weight is 251 g/mol. The van der Waals surface area contributed by atoms with Gasteiger partial charge in [-0.25, -0.2) is 0 Å². The van der Waals surface area contributed by atoms with Crippen LogP contribution in [0.4, 0.5) is 0 Å². The van der Waals surface area contributed by atoms with E-state index in [0.717, 1.165) is 22.9 Å². The van der Waals surface area contributed by atoms with Crippen LogP contribution in [0, 0.1) is 11.3 Å². The van der Waals surface area contributed by atoms with E-state index in [1.54, 1.807) is 6.07 Å². The first-order valence-corrected chi connectivity index (χ1v) is 5.44. The summed E-state index contributed by atoms with van der Waals surface area (Å²) < 4.78 is 1.01. The maximum Gasteiger partial charge on any atom is 0.0991 e. The number of nitrogens with two attached hydrogens (primary N) is 1. The first-order chi connectivity index (χ1) is 6.65. The molecule has 0 aliphatic heterocycles. The zero-order valence-corrected chi connectivity index (χ0v) is 9.34. The molecule has 0 bridgehead atoms. The van der Waals surface area contributed by atoms with E-state index in [0.29, 0.717) is 5.56 Å². The molecule has 1 aromatic rings. The summed E-state index contributed by atoms with van der Waals surface area (Å²) in [7, 11) is 0. The predicted molar refractivity (Wildman–Crippen MR) is 58.6 cm³/mol. The van der Waals surface area contributed by atoms with Gasteiger partial charge in [-0.05, 0) is 43.0 Å². The Kier molecular flexibility index (Phi) is 2.34. The molecule has 2 N–H and O–H groups in total. The maximum absolute atomic E-state index is 8.80. The third kappa shape index (κ3) is 1.45. The highest BCUT2D eigenvalue weighted by atomic mass is 79.9. The van der Waals surface area contributed by atoms with Crippen molar-refractivity contribution in [2.45, 2.75) is 24.8 Å². The molecule has 2 rings (SSSR count). The summed E-state index contributed by atoms with van der Waals surface area (Å²) in [6, 6.07) is 7.74. The smallest absolute Gasteiger partial charge is 0.0991 e. The molecule has 3 heteroatoms. The fraction of sp³-hybridized carbons (Fsp3) is 0.364. The zero-order chi connectivity index (χ0) is 10.2. The van der Waals surface area contributed by atoms with Gasteiger partial charge in [-0.1, -0.05) is 15.9 Å². The fourth-order valence-corrected chi connectivity index (χ4v) is 2.44. The Morgan fingerprint density at radius 1 is 1.43 bits per heavy atom. The van der Waals surface area contributed by atoms with Gasteiger partial charge in [0.05, 0.1) is 11.6 Å². The summed E-state index contributed by atoms with van der Waals surface area (Å²) in [5.74, 6) is 0. The van der Waals surface area contributed by atoms with Crippen molar-refractivity contribution in [3.63, 3.8) is 0 Å². The van der Waals surface area contributed by atoms with E-state index < -0.39 is 0 Å². The quantitative estimate of drug-likeness (QED) is 0.834. The molecule has 1 aliphatic carbocycles. The normalized spacial score (nSPS) is 18.4. The highest BCUT2D eigenvalue weighted by molar-refractivity contribution is 9.10. The lowest BCUT2D eigenvalue weighted by Crippen LogP contribution is -2.43. The summed E-state index contributed by atoms with van der Waals surface area (Å²) in [5.41, 5.74) is 7.76.